The van der Waals surface area contributed by atoms with Crippen molar-refractivity contribution < 1.29 is 41.4 Å². The van der Waals surface area contributed by atoms with Crippen LogP contribution in [0.1, 0.15) is 48.0 Å². The number of carbonyl (C=O) groups is 2. The second-order valence-electron chi connectivity index (χ2n) is 10.3. The summed E-state index contributed by atoms with van der Waals surface area (Å²) in [6, 6.07) is 10.9. The minimum Gasteiger partial charge on any atom is -0.494 e. The summed E-state index contributed by atoms with van der Waals surface area (Å²) < 4.78 is 73.2. The van der Waals surface area contributed by atoms with E-state index in [4.69, 9.17) is 16.3 Å². The lowest BCUT2D eigenvalue weighted by atomic mass is 9.88. The summed E-state index contributed by atoms with van der Waals surface area (Å²) in [5, 5.41) is 10.6. The van der Waals surface area contributed by atoms with E-state index >= 15 is 0 Å². The molecule has 40 heavy (non-hydrogen) atoms. The van der Waals surface area contributed by atoms with Crippen molar-refractivity contribution in [3.8, 4) is 5.75 Å². The van der Waals surface area contributed by atoms with Crippen LogP contribution in [0.25, 0.3) is 0 Å². The van der Waals surface area contributed by atoms with Gasteiger partial charge in [-0.3, -0.25) is 9.59 Å². The number of nitrogens with zero attached hydrogens (tertiary/aromatic N) is 2. The number of halogens is 6. The fourth-order valence-electron chi connectivity index (χ4n) is 5.05. The van der Waals surface area contributed by atoms with Crippen LogP contribution >= 0.6 is 11.6 Å². The van der Waals surface area contributed by atoms with Crippen molar-refractivity contribution >= 4 is 23.4 Å². The summed E-state index contributed by atoms with van der Waals surface area (Å²) in [4.78, 5) is 27.3. The molecular formula is C28H30ClF5N2O4. The lowest BCUT2D eigenvalue weighted by Gasteiger charge is -2.38. The van der Waals surface area contributed by atoms with Gasteiger partial charge >= 0.3 is 6.18 Å². The Morgan fingerprint density at radius 3 is 2.23 bits per heavy atom. The molecule has 1 N–H and O–H groups in total. The van der Waals surface area contributed by atoms with Crippen LogP contribution in [0.2, 0.25) is 5.02 Å². The fraction of sp³-hybridized carbons (Fsp3) is 0.500. The van der Waals surface area contributed by atoms with Gasteiger partial charge in [-0.2, -0.15) is 13.2 Å². The lowest BCUT2D eigenvalue weighted by Crippen LogP contribution is -2.58. The monoisotopic (exact) mass is 588 g/mol. The summed E-state index contributed by atoms with van der Waals surface area (Å²) in [7, 11) is 0. The third-order valence-electron chi connectivity index (χ3n) is 7.39. The Labute approximate surface area is 233 Å². The molecule has 1 unspecified atom stereocenters. The van der Waals surface area contributed by atoms with E-state index in [1.54, 1.807) is 6.07 Å². The average Bonchev–Trinajstić information content (AvgIpc) is 2.90. The van der Waals surface area contributed by atoms with Crippen LogP contribution in [0.5, 0.6) is 5.75 Å². The molecule has 2 aromatic carbocycles. The van der Waals surface area contributed by atoms with Crippen LogP contribution in [0.15, 0.2) is 48.5 Å². The Hall–Kier alpha value is -2.92. The average molecular weight is 589 g/mol. The summed E-state index contributed by atoms with van der Waals surface area (Å²) in [6.07, 6.45) is -1.80. The molecule has 0 aromatic heterocycles. The van der Waals surface area contributed by atoms with Crippen molar-refractivity contribution in [3.05, 3.63) is 64.7 Å². The molecule has 2 amide bonds. The third kappa shape index (κ3) is 6.52. The number of hydrogen-bond donors (Lipinski definition) is 1. The maximum atomic E-state index is 13.8. The molecule has 6 nitrogen and oxygen atoms in total. The summed E-state index contributed by atoms with van der Waals surface area (Å²) in [6.45, 7) is -0.624. The predicted molar refractivity (Wildman–Crippen MR) is 137 cm³/mol. The number of hydrogen-bond acceptors (Lipinski definition) is 4. The molecular weight excluding hydrogens is 559 g/mol. The van der Waals surface area contributed by atoms with Crippen molar-refractivity contribution in [2.24, 2.45) is 5.92 Å². The van der Waals surface area contributed by atoms with Gasteiger partial charge in [-0.15, -0.1) is 0 Å². The van der Waals surface area contributed by atoms with E-state index in [1.165, 1.54) is 30.3 Å². The number of aliphatic hydroxyl groups is 1. The summed E-state index contributed by atoms with van der Waals surface area (Å²) >= 11 is 6.16. The first-order chi connectivity index (χ1) is 18.8. The Bertz CT molecular complexity index is 1200. The number of likely N-dealkylation sites (tertiary alicyclic amines) is 2. The zero-order valence-corrected chi connectivity index (χ0v) is 22.4. The first kappa shape index (κ1) is 30.0. The molecule has 0 spiro atoms. The predicted octanol–water partition coefficient (Wildman–Crippen LogP) is 5.67. The van der Waals surface area contributed by atoms with Crippen LogP contribution in [0.4, 0.5) is 22.0 Å². The normalized spacial score (nSPS) is 19.1. The van der Waals surface area contributed by atoms with E-state index < -0.39 is 48.2 Å². The molecule has 0 radical (unpaired) electrons. The molecule has 0 aliphatic carbocycles. The van der Waals surface area contributed by atoms with Crippen LogP contribution in [-0.4, -0.2) is 71.6 Å². The van der Waals surface area contributed by atoms with Crippen molar-refractivity contribution in [1.29, 1.82) is 0 Å². The Kier molecular flexibility index (Phi) is 8.94. The van der Waals surface area contributed by atoms with Gasteiger partial charge in [0.1, 0.15) is 5.75 Å². The van der Waals surface area contributed by atoms with Crippen LogP contribution in [0.3, 0.4) is 0 Å². The van der Waals surface area contributed by atoms with Gasteiger partial charge in [-0.1, -0.05) is 48.4 Å². The molecule has 2 saturated heterocycles. The number of carbonyl (C=O) groups excluding carboxylic acids is 2. The molecule has 0 bridgehead atoms. The van der Waals surface area contributed by atoms with E-state index in [2.05, 4.69) is 0 Å². The van der Waals surface area contributed by atoms with Crippen LogP contribution < -0.4 is 4.74 Å². The molecule has 4 rings (SSSR count). The van der Waals surface area contributed by atoms with Gasteiger partial charge in [0, 0.05) is 18.7 Å². The Morgan fingerprint density at radius 2 is 1.65 bits per heavy atom. The van der Waals surface area contributed by atoms with Crippen LogP contribution in [0, 0.1) is 5.92 Å². The zero-order valence-electron chi connectivity index (χ0n) is 21.6. The van der Waals surface area contributed by atoms with Crippen molar-refractivity contribution in [3.63, 3.8) is 0 Å². The van der Waals surface area contributed by atoms with Gasteiger partial charge < -0.3 is 19.6 Å². The molecule has 218 valence electrons. The molecule has 0 saturated carbocycles. The van der Waals surface area contributed by atoms with Gasteiger partial charge in [0.05, 0.1) is 30.3 Å². The Morgan fingerprint density at radius 1 is 1.00 bits per heavy atom. The molecule has 2 aliphatic rings. The number of rotatable bonds is 9. The number of amides is 2. The number of piperidine rings is 1. The molecule has 2 heterocycles. The van der Waals surface area contributed by atoms with E-state index in [-0.39, 0.29) is 29.6 Å². The van der Waals surface area contributed by atoms with Crippen molar-refractivity contribution in [2.45, 2.75) is 49.8 Å². The standard InChI is InChI=1S/C28H30ClF5N2O4/c29-23-16-21(9-10-22(23)24(37)36-17-26(30,31)18-36)40-15-5-4-6-19-11-13-35(14-12-19)25(38)27(39,28(32,33)34)20-7-2-1-3-8-20/h1-3,7-10,16,19,39H,4-6,11-15,17-18H2. The highest BCUT2D eigenvalue weighted by atomic mass is 35.5. The van der Waals surface area contributed by atoms with E-state index in [0.717, 1.165) is 34.8 Å². The SMILES string of the molecule is O=C(c1ccc(OCCCCC2CCN(C(=O)C(O)(c3ccccc3)C(F)(F)F)CC2)cc1Cl)N1CC(F)(F)C1. The molecule has 2 fully saturated rings. The van der Waals surface area contributed by atoms with E-state index in [0.29, 0.717) is 31.6 Å². The van der Waals surface area contributed by atoms with E-state index in [1.807, 2.05) is 0 Å². The largest absolute Gasteiger partial charge is 0.494 e. The minimum absolute atomic E-state index is 0.115. The smallest absolute Gasteiger partial charge is 0.430 e. The van der Waals surface area contributed by atoms with Gasteiger partial charge in [-0.25, -0.2) is 8.78 Å². The fourth-order valence-corrected chi connectivity index (χ4v) is 5.30. The molecule has 1 atom stereocenters. The molecule has 2 aromatic rings. The second kappa shape index (κ2) is 11.9. The third-order valence-corrected chi connectivity index (χ3v) is 7.70. The van der Waals surface area contributed by atoms with Gasteiger partial charge in [0.25, 0.3) is 23.3 Å². The lowest BCUT2D eigenvalue weighted by molar-refractivity contribution is -0.262. The number of unbranched alkanes of at least 4 members (excludes halogenated alkanes) is 1. The highest BCUT2D eigenvalue weighted by Gasteiger charge is 2.62. The maximum absolute atomic E-state index is 13.8. The van der Waals surface area contributed by atoms with Crippen LogP contribution in [-0.2, 0) is 10.4 Å². The van der Waals surface area contributed by atoms with Gasteiger partial charge in [-0.05, 0) is 49.8 Å². The Balaban J connectivity index is 1.19. The first-order valence-electron chi connectivity index (χ1n) is 13.1. The second-order valence-corrected chi connectivity index (χ2v) is 10.7. The number of alkyl halides is 5. The van der Waals surface area contributed by atoms with Crippen molar-refractivity contribution in [1.82, 2.24) is 9.80 Å². The highest BCUT2D eigenvalue weighted by Crippen LogP contribution is 2.41. The molecule has 12 heteroatoms. The summed E-state index contributed by atoms with van der Waals surface area (Å²) in [5.41, 5.74) is -3.96. The van der Waals surface area contributed by atoms with Gasteiger partial charge in [0.2, 0.25) is 0 Å². The summed E-state index contributed by atoms with van der Waals surface area (Å²) in [5.74, 6) is -4.10. The number of ether oxygens (including phenoxy) is 1. The molecule has 2 aliphatic heterocycles. The zero-order chi connectivity index (χ0) is 29.1. The number of benzene rings is 2. The van der Waals surface area contributed by atoms with Gasteiger partial charge in [0.15, 0.2) is 0 Å². The topological polar surface area (TPSA) is 70.1 Å². The quantitative estimate of drug-likeness (QED) is 0.303. The van der Waals surface area contributed by atoms with E-state index in [9.17, 15) is 36.6 Å². The van der Waals surface area contributed by atoms with Crippen molar-refractivity contribution in [2.75, 3.05) is 32.8 Å². The maximum Gasteiger partial charge on any atom is 0.430 e. The first-order valence-corrected chi connectivity index (χ1v) is 13.4. The highest BCUT2D eigenvalue weighted by molar-refractivity contribution is 6.34. The minimum atomic E-state index is -5.16.